The van der Waals surface area contributed by atoms with Crippen LogP contribution in [0.2, 0.25) is 0 Å². The standard InChI is InChI=1S/C22H35N7O.2ClH/c30-21(16-27-8-10-28(11-9-27)22-24-5-3-6-25-22)26-15-20-18-12-17(13-23-14-18)19-4-1-2-7-29(19)20;;/h3,5-6,17-20,23H,1-2,4,7-16H2,(H,26,30);2*1H/t17-,18+,19+,20+;;/m1../s1. The van der Waals surface area contributed by atoms with Gasteiger partial charge in [-0.3, -0.25) is 14.6 Å². The quantitative estimate of drug-likeness (QED) is 0.644. The molecule has 4 atom stereocenters. The molecule has 5 heterocycles. The summed E-state index contributed by atoms with van der Waals surface area (Å²) in [6, 6.07) is 3.06. The maximum absolute atomic E-state index is 12.7. The normalized spacial score (nSPS) is 30.4. The summed E-state index contributed by atoms with van der Waals surface area (Å²) in [5.41, 5.74) is 0. The van der Waals surface area contributed by atoms with Crippen LogP contribution in [0.15, 0.2) is 18.5 Å². The first-order valence-electron chi connectivity index (χ1n) is 11.8. The van der Waals surface area contributed by atoms with Gasteiger partial charge in [0.25, 0.3) is 0 Å². The highest BCUT2D eigenvalue weighted by atomic mass is 35.5. The number of rotatable bonds is 5. The topological polar surface area (TPSA) is 76.6 Å². The molecule has 1 aromatic rings. The van der Waals surface area contributed by atoms with Gasteiger partial charge in [-0.2, -0.15) is 0 Å². The lowest BCUT2D eigenvalue weighted by Gasteiger charge is -2.55. The van der Waals surface area contributed by atoms with Gasteiger partial charge >= 0.3 is 0 Å². The van der Waals surface area contributed by atoms with Gasteiger partial charge in [0, 0.05) is 57.2 Å². The number of nitrogens with zero attached hydrogens (tertiary/aromatic N) is 5. The average Bonchev–Trinajstić information content (AvgIpc) is 2.80. The van der Waals surface area contributed by atoms with Crippen molar-refractivity contribution in [1.82, 2.24) is 30.4 Å². The van der Waals surface area contributed by atoms with Gasteiger partial charge in [0.2, 0.25) is 11.9 Å². The van der Waals surface area contributed by atoms with Crippen molar-refractivity contribution in [2.45, 2.75) is 37.8 Å². The van der Waals surface area contributed by atoms with Crippen LogP contribution in [0.3, 0.4) is 0 Å². The third-order valence-electron chi connectivity index (χ3n) is 7.61. The van der Waals surface area contributed by atoms with Crippen LogP contribution in [0.5, 0.6) is 0 Å². The highest BCUT2D eigenvalue weighted by Gasteiger charge is 2.45. The molecule has 4 aliphatic heterocycles. The van der Waals surface area contributed by atoms with Crippen LogP contribution in [0.25, 0.3) is 0 Å². The monoisotopic (exact) mass is 485 g/mol. The number of amides is 1. The summed E-state index contributed by atoms with van der Waals surface area (Å²) in [6.45, 7) is 8.25. The van der Waals surface area contributed by atoms with E-state index in [1.165, 1.54) is 38.8 Å². The van der Waals surface area contributed by atoms with Crippen molar-refractivity contribution < 1.29 is 4.79 Å². The molecular formula is C22H37Cl2N7O. The molecule has 4 saturated heterocycles. The van der Waals surface area contributed by atoms with Crippen LogP contribution in [0.4, 0.5) is 5.95 Å². The van der Waals surface area contributed by atoms with Gasteiger partial charge in [0.15, 0.2) is 0 Å². The number of hydrogen-bond donors (Lipinski definition) is 2. The van der Waals surface area contributed by atoms with Crippen molar-refractivity contribution in [3.05, 3.63) is 18.5 Å². The number of hydrogen-bond acceptors (Lipinski definition) is 7. The maximum atomic E-state index is 12.7. The minimum absolute atomic E-state index is 0. The summed E-state index contributed by atoms with van der Waals surface area (Å²) in [5, 5.41) is 6.95. The molecule has 0 spiro atoms. The molecule has 1 aromatic heterocycles. The fraction of sp³-hybridized carbons (Fsp3) is 0.773. The number of piperazine rings is 1. The van der Waals surface area contributed by atoms with E-state index in [1.54, 1.807) is 12.4 Å². The van der Waals surface area contributed by atoms with E-state index in [9.17, 15) is 4.79 Å². The van der Waals surface area contributed by atoms with Crippen molar-refractivity contribution in [3.8, 4) is 0 Å². The fourth-order valence-corrected chi connectivity index (χ4v) is 6.09. The molecule has 2 bridgehead atoms. The van der Waals surface area contributed by atoms with Gasteiger partial charge in [-0.05, 0) is 56.8 Å². The van der Waals surface area contributed by atoms with E-state index in [1.807, 2.05) is 6.07 Å². The minimum Gasteiger partial charge on any atom is -0.353 e. The molecule has 2 N–H and O–H groups in total. The molecular weight excluding hydrogens is 449 g/mol. The van der Waals surface area contributed by atoms with E-state index in [0.717, 1.165) is 57.2 Å². The largest absolute Gasteiger partial charge is 0.353 e. The Hall–Kier alpha value is -1.19. The van der Waals surface area contributed by atoms with Gasteiger partial charge < -0.3 is 15.5 Å². The first-order valence-corrected chi connectivity index (χ1v) is 11.8. The summed E-state index contributed by atoms with van der Waals surface area (Å²) < 4.78 is 0. The number of carbonyl (C=O) groups excluding carboxylic acids is 1. The van der Waals surface area contributed by atoms with Crippen LogP contribution in [-0.2, 0) is 4.79 Å². The first-order chi connectivity index (χ1) is 14.8. The van der Waals surface area contributed by atoms with Gasteiger partial charge in [0.05, 0.1) is 6.54 Å². The molecule has 5 rings (SSSR count). The van der Waals surface area contributed by atoms with Gasteiger partial charge in [-0.15, -0.1) is 24.8 Å². The van der Waals surface area contributed by atoms with E-state index in [-0.39, 0.29) is 30.7 Å². The predicted octanol–water partition coefficient (Wildman–Crippen LogP) is 1.02. The highest BCUT2D eigenvalue weighted by molar-refractivity contribution is 5.85. The molecule has 0 unspecified atom stereocenters. The minimum atomic E-state index is 0. The summed E-state index contributed by atoms with van der Waals surface area (Å²) in [7, 11) is 0. The number of piperidine rings is 3. The Bertz CT molecular complexity index is 719. The Kier molecular flexibility index (Phi) is 9.37. The molecule has 4 fully saturated rings. The number of nitrogens with one attached hydrogen (secondary N) is 2. The van der Waals surface area contributed by atoms with Crippen LogP contribution in [-0.4, -0.2) is 96.7 Å². The SMILES string of the molecule is Cl.Cl.O=C(CN1CCN(c2ncccn2)CC1)NC[C@H]1[C@@H]2CNC[C@@H](C2)[C@@H]2CCCCN21. The number of anilines is 1. The number of halogens is 2. The zero-order valence-corrected chi connectivity index (χ0v) is 20.3. The lowest BCUT2D eigenvalue weighted by Crippen LogP contribution is -2.65. The molecule has 4 aliphatic rings. The molecule has 8 nitrogen and oxygen atoms in total. The Morgan fingerprint density at radius 2 is 1.78 bits per heavy atom. The summed E-state index contributed by atoms with van der Waals surface area (Å²) >= 11 is 0. The zero-order valence-electron chi connectivity index (χ0n) is 18.7. The Labute approximate surface area is 203 Å². The number of fused-ring (bicyclic) bond motifs is 4. The Morgan fingerprint density at radius 3 is 2.56 bits per heavy atom. The zero-order chi connectivity index (χ0) is 20.3. The van der Waals surface area contributed by atoms with Crippen molar-refractivity contribution in [3.63, 3.8) is 0 Å². The third-order valence-corrected chi connectivity index (χ3v) is 7.61. The van der Waals surface area contributed by atoms with Crippen molar-refractivity contribution >= 4 is 36.7 Å². The molecule has 0 saturated carbocycles. The molecule has 180 valence electrons. The highest BCUT2D eigenvalue weighted by Crippen LogP contribution is 2.38. The lowest BCUT2D eigenvalue weighted by atomic mass is 9.73. The van der Waals surface area contributed by atoms with Gasteiger partial charge in [-0.1, -0.05) is 6.42 Å². The van der Waals surface area contributed by atoms with E-state index in [4.69, 9.17) is 0 Å². The summed E-state index contributed by atoms with van der Waals surface area (Å²) in [5.74, 6) is 2.43. The smallest absolute Gasteiger partial charge is 0.234 e. The Morgan fingerprint density at radius 1 is 1.03 bits per heavy atom. The molecule has 0 radical (unpaired) electrons. The number of carbonyl (C=O) groups is 1. The van der Waals surface area contributed by atoms with Crippen LogP contribution < -0.4 is 15.5 Å². The second-order valence-electron chi connectivity index (χ2n) is 9.40. The molecule has 0 aromatic carbocycles. The summed E-state index contributed by atoms with van der Waals surface area (Å²) in [4.78, 5) is 28.6. The van der Waals surface area contributed by atoms with Crippen molar-refractivity contribution in [1.29, 1.82) is 0 Å². The van der Waals surface area contributed by atoms with E-state index >= 15 is 0 Å². The lowest BCUT2D eigenvalue weighted by molar-refractivity contribution is -0.123. The first kappa shape index (κ1) is 25.4. The fourth-order valence-electron chi connectivity index (χ4n) is 6.09. The third kappa shape index (κ3) is 5.65. The van der Waals surface area contributed by atoms with Gasteiger partial charge in [0.1, 0.15) is 0 Å². The van der Waals surface area contributed by atoms with Gasteiger partial charge in [-0.25, -0.2) is 9.97 Å². The second-order valence-corrected chi connectivity index (χ2v) is 9.40. The molecule has 1 amide bonds. The van der Waals surface area contributed by atoms with Crippen LogP contribution in [0, 0.1) is 11.8 Å². The Balaban J connectivity index is 0.00000144. The average molecular weight is 486 g/mol. The molecule has 10 heteroatoms. The second kappa shape index (κ2) is 11.8. The number of aromatic nitrogens is 2. The van der Waals surface area contributed by atoms with E-state index in [2.05, 4.69) is 35.3 Å². The molecule has 32 heavy (non-hydrogen) atoms. The predicted molar refractivity (Wildman–Crippen MR) is 131 cm³/mol. The maximum Gasteiger partial charge on any atom is 0.234 e. The van der Waals surface area contributed by atoms with Crippen molar-refractivity contribution in [2.75, 3.05) is 63.8 Å². The molecule has 0 aliphatic carbocycles. The van der Waals surface area contributed by atoms with Crippen LogP contribution in [0.1, 0.15) is 25.7 Å². The van der Waals surface area contributed by atoms with E-state index < -0.39 is 0 Å². The summed E-state index contributed by atoms with van der Waals surface area (Å²) in [6.07, 6.45) is 8.90. The van der Waals surface area contributed by atoms with Crippen molar-refractivity contribution in [2.24, 2.45) is 11.8 Å². The van der Waals surface area contributed by atoms with Crippen LogP contribution >= 0.6 is 24.8 Å². The van der Waals surface area contributed by atoms with E-state index in [0.29, 0.717) is 18.5 Å².